The van der Waals surface area contributed by atoms with Gasteiger partial charge in [-0.2, -0.15) is 0 Å². The molecule has 1 saturated heterocycles. The van der Waals surface area contributed by atoms with E-state index in [9.17, 15) is 14.3 Å². The number of hydrogen-bond acceptors (Lipinski definition) is 2. The Morgan fingerprint density at radius 3 is 2.88 bits per heavy atom. The number of phenolic OH excluding ortho intramolecular Hbond substituents is 1. The first-order chi connectivity index (χ1) is 7.61. The Labute approximate surface area is 101 Å². The van der Waals surface area contributed by atoms with Gasteiger partial charge in [-0.15, -0.1) is 0 Å². The molecule has 3 nitrogen and oxygen atoms in total. The van der Waals surface area contributed by atoms with Crippen LogP contribution in [0.5, 0.6) is 5.75 Å². The third kappa shape index (κ3) is 2.04. The van der Waals surface area contributed by atoms with E-state index < -0.39 is 5.82 Å². The highest BCUT2D eigenvalue weighted by atomic mass is 79.9. The number of carbonyl (C=O) groups excluding carboxylic acids is 1. The number of hydrogen-bond donors (Lipinski definition) is 1. The molecule has 1 aliphatic heterocycles. The van der Waals surface area contributed by atoms with E-state index in [2.05, 4.69) is 15.9 Å². The molecule has 1 amide bonds. The molecule has 16 heavy (non-hydrogen) atoms. The quantitative estimate of drug-likeness (QED) is 0.848. The van der Waals surface area contributed by atoms with Crippen LogP contribution in [0.25, 0.3) is 0 Å². The van der Waals surface area contributed by atoms with E-state index in [1.165, 1.54) is 17.0 Å². The number of phenols is 1. The van der Waals surface area contributed by atoms with Crippen molar-refractivity contribution in [2.75, 3.05) is 16.8 Å². The van der Waals surface area contributed by atoms with Gasteiger partial charge in [-0.05, 0) is 18.1 Å². The molecule has 0 aliphatic carbocycles. The maximum Gasteiger partial charge on any atom is 0.227 e. The number of aromatic hydroxyl groups is 1. The van der Waals surface area contributed by atoms with Crippen molar-refractivity contribution in [3.05, 3.63) is 24.0 Å². The molecular weight excluding hydrogens is 277 g/mol. The number of amides is 1. The fraction of sp³-hybridized carbons (Fsp3) is 0.364. The van der Waals surface area contributed by atoms with Gasteiger partial charge in [0, 0.05) is 24.4 Å². The van der Waals surface area contributed by atoms with Crippen molar-refractivity contribution in [3.63, 3.8) is 0 Å². The predicted molar refractivity (Wildman–Crippen MR) is 62.3 cm³/mol. The van der Waals surface area contributed by atoms with Gasteiger partial charge in [-0.3, -0.25) is 4.79 Å². The van der Waals surface area contributed by atoms with E-state index in [1.54, 1.807) is 0 Å². The third-order valence-corrected chi connectivity index (χ3v) is 3.57. The second kappa shape index (κ2) is 4.41. The standard InChI is InChI=1S/C11H11BrFNO2/c12-5-7-3-11(16)14(6-7)9-2-1-8(13)4-10(9)15/h1-2,4,7,15H,3,5-6H2. The molecule has 1 aromatic carbocycles. The van der Waals surface area contributed by atoms with Gasteiger partial charge in [-0.25, -0.2) is 4.39 Å². The fourth-order valence-corrected chi connectivity index (χ4v) is 2.28. The van der Waals surface area contributed by atoms with Crippen LogP contribution < -0.4 is 4.90 Å². The maximum absolute atomic E-state index is 12.8. The topological polar surface area (TPSA) is 40.5 Å². The fourth-order valence-electron chi connectivity index (χ4n) is 1.84. The van der Waals surface area contributed by atoms with Gasteiger partial charge >= 0.3 is 0 Å². The summed E-state index contributed by atoms with van der Waals surface area (Å²) in [4.78, 5) is 13.2. The van der Waals surface area contributed by atoms with Crippen LogP contribution in [0, 0.1) is 11.7 Å². The monoisotopic (exact) mass is 287 g/mol. The van der Waals surface area contributed by atoms with Gasteiger partial charge in [0.05, 0.1) is 5.69 Å². The molecule has 0 saturated carbocycles. The van der Waals surface area contributed by atoms with E-state index in [0.717, 1.165) is 11.4 Å². The molecule has 1 atom stereocenters. The van der Waals surface area contributed by atoms with Gasteiger partial charge in [0.15, 0.2) is 0 Å². The first-order valence-corrected chi connectivity index (χ1v) is 6.09. The number of nitrogens with zero attached hydrogens (tertiary/aromatic N) is 1. The molecule has 5 heteroatoms. The zero-order chi connectivity index (χ0) is 11.7. The predicted octanol–water partition coefficient (Wildman–Crippen LogP) is 2.28. The summed E-state index contributed by atoms with van der Waals surface area (Å²) >= 11 is 3.33. The highest BCUT2D eigenvalue weighted by molar-refractivity contribution is 9.09. The molecule has 1 aliphatic rings. The second-order valence-electron chi connectivity index (χ2n) is 3.86. The van der Waals surface area contributed by atoms with Gasteiger partial charge in [0.1, 0.15) is 11.6 Å². The molecule has 0 bridgehead atoms. The molecule has 0 aromatic heterocycles. The number of anilines is 1. The van der Waals surface area contributed by atoms with Crippen molar-refractivity contribution in [2.45, 2.75) is 6.42 Å². The molecule has 1 N–H and O–H groups in total. The molecule has 1 aromatic rings. The summed E-state index contributed by atoms with van der Waals surface area (Å²) in [6, 6.07) is 3.69. The third-order valence-electron chi connectivity index (χ3n) is 2.65. The molecule has 1 heterocycles. The minimum atomic E-state index is -0.509. The van der Waals surface area contributed by atoms with E-state index in [4.69, 9.17) is 0 Å². The highest BCUT2D eigenvalue weighted by Crippen LogP contribution is 2.33. The van der Waals surface area contributed by atoms with Crippen LogP contribution in [0.3, 0.4) is 0 Å². The summed E-state index contributed by atoms with van der Waals surface area (Å²) in [5.41, 5.74) is 0.384. The summed E-state index contributed by atoms with van der Waals surface area (Å²) in [6.45, 7) is 0.559. The normalized spacial score (nSPS) is 20.5. The summed E-state index contributed by atoms with van der Waals surface area (Å²) in [6.07, 6.45) is 0.460. The molecule has 1 unspecified atom stereocenters. The highest BCUT2D eigenvalue weighted by Gasteiger charge is 2.31. The van der Waals surface area contributed by atoms with Gasteiger partial charge < -0.3 is 10.0 Å². The lowest BCUT2D eigenvalue weighted by atomic mass is 10.2. The van der Waals surface area contributed by atoms with Crippen molar-refractivity contribution in [1.29, 1.82) is 0 Å². The average molecular weight is 288 g/mol. The lowest BCUT2D eigenvalue weighted by Gasteiger charge is -2.17. The molecule has 1 fully saturated rings. The molecular formula is C11H11BrFNO2. The Morgan fingerprint density at radius 1 is 1.56 bits per heavy atom. The van der Waals surface area contributed by atoms with E-state index in [-0.39, 0.29) is 17.6 Å². The molecule has 2 rings (SSSR count). The minimum absolute atomic E-state index is 0.0358. The largest absolute Gasteiger partial charge is 0.506 e. The van der Waals surface area contributed by atoms with Crippen molar-refractivity contribution < 1.29 is 14.3 Å². The number of halogens is 2. The Kier molecular flexibility index (Phi) is 3.14. The van der Waals surface area contributed by atoms with Gasteiger partial charge in [0.2, 0.25) is 5.91 Å². The smallest absolute Gasteiger partial charge is 0.227 e. The first kappa shape index (κ1) is 11.4. The Bertz CT molecular complexity index is 424. The summed E-state index contributed by atoms with van der Waals surface area (Å²) in [5.74, 6) is -0.489. The lowest BCUT2D eigenvalue weighted by molar-refractivity contribution is -0.117. The first-order valence-electron chi connectivity index (χ1n) is 4.96. The number of carbonyl (C=O) groups is 1. The van der Waals surface area contributed by atoms with Crippen LogP contribution in [0.2, 0.25) is 0 Å². The van der Waals surface area contributed by atoms with Crippen LogP contribution >= 0.6 is 15.9 Å². The Balaban J connectivity index is 2.28. The van der Waals surface area contributed by atoms with Crippen LogP contribution in [0.4, 0.5) is 10.1 Å². The molecule has 0 spiro atoms. The van der Waals surface area contributed by atoms with Crippen LogP contribution in [0.15, 0.2) is 18.2 Å². The second-order valence-corrected chi connectivity index (χ2v) is 4.51. The summed E-state index contributed by atoms with van der Waals surface area (Å²) in [7, 11) is 0. The number of alkyl halides is 1. The van der Waals surface area contributed by atoms with E-state index in [1.807, 2.05) is 0 Å². The van der Waals surface area contributed by atoms with Crippen molar-refractivity contribution >= 4 is 27.5 Å². The average Bonchev–Trinajstić information content (AvgIpc) is 2.60. The Hall–Kier alpha value is -1.10. The van der Waals surface area contributed by atoms with Crippen LogP contribution in [-0.4, -0.2) is 22.9 Å². The maximum atomic E-state index is 12.8. The van der Waals surface area contributed by atoms with Crippen LogP contribution in [-0.2, 0) is 4.79 Å². The molecule has 0 radical (unpaired) electrons. The summed E-state index contributed by atoms with van der Waals surface area (Å²) in [5, 5.41) is 10.3. The van der Waals surface area contributed by atoms with Gasteiger partial charge in [0.25, 0.3) is 0 Å². The Morgan fingerprint density at radius 2 is 2.31 bits per heavy atom. The number of benzene rings is 1. The zero-order valence-electron chi connectivity index (χ0n) is 8.49. The van der Waals surface area contributed by atoms with Gasteiger partial charge in [-0.1, -0.05) is 15.9 Å². The lowest BCUT2D eigenvalue weighted by Crippen LogP contribution is -2.24. The van der Waals surface area contributed by atoms with Crippen molar-refractivity contribution in [3.8, 4) is 5.75 Å². The SMILES string of the molecule is O=C1CC(CBr)CN1c1ccc(F)cc1O. The zero-order valence-corrected chi connectivity index (χ0v) is 10.1. The molecule has 86 valence electrons. The summed E-state index contributed by atoms with van der Waals surface area (Å²) < 4.78 is 12.8. The van der Waals surface area contributed by atoms with Crippen LogP contribution in [0.1, 0.15) is 6.42 Å². The van der Waals surface area contributed by atoms with E-state index >= 15 is 0 Å². The van der Waals surface area contributed by atoms with Crippen molar-refractivity contribution in [2.24, 2.45) is 5.92 Å². The van der Waals surface area contributed by atoms with Crippen molar-refractivity contribution in [1.82, 2.24) is 0 Å². The van der Waals surface area contributed by atoms with E-state index in [0.29, 0.717) is 18.7 Å². The number of rotatable bonds is 2. The minimum Gasteiger partial charge on any atom is -0.506 e.